The minimum atomic E-state index is -3.84. The first-order chi connectivity index (χ1) is 15.3. The van der Waals surface area contributed by atoms with Crippen LogP contribution >= 0.6 is 11.3 Å². The second-order valence-electron chi connectivity index (χ2n) is 7.13. The number of primary sulfonamides is 1. The van der Waals surface area contributed by atoms with Gasteiger partial charge >= 0.3 is 0 Å². The third kappa shape index (κ3) is 3.70. The number of hydrogen-bond donors (Lipinski definition) is 1. The summed E-state index contributed by atoms with van der Waals surface area (Å²) in [5.41, 5.74) is 1.30. The molecule has 1 fully saturated rings. The van der Waals surface area contributed by atoms with Crippen molar-refractivity contribution in [1.82, 2.24) is 0 Å². The SMILES string of the molecule is COc1cc(OC)c([C@H]2[C@H](c3cccs3)C(=O)N2c2ccc(S(N)(=O)=O)cc2)cc1OC. The Morgan fingerprint density at radius 1 is 0.938 bits per heavy atom. The molecule has 8 nitrogen and oxygen atoms in total. The molecule has 3 aromatic rings. The van der Waals surface area contributed by atoms with Crippen LogP contribution < -0.4 is 24.2 Å². The lowest BCUT2D eigenvalue weighted by molar-refractivity contribution is -0.126. The van der Waals surface area contributed by atoms with Gasteiger partial charge in [-0.05, 0) is 41.8 Å². The molecule has 1 saturated heterocycles. The highest BCUT2D eigenvalue weighted by atomic mass is 32.2. The predicted octanol–water partition coefficient (Wildman–Crippen LogP) is 3.29. The fraction of sp³-hybridized carbons (Fsp3) is 0.227. The number of nitrogens with zero attached hydrogens (tertiary/aromatic N) is 1. The number of methoxy groups -OCH3 is 3. The van der Waals surface area contributed by atoms with Crippen LogP contribution in [0.3, 0.4) is 0 Å². The van der Waals surface area contributed by atoms with E-state index in [0.29, 0.717) is 22.9 Å². The van der Waals surface area contributed by atoms with E-state index in [-0.39, 0.29) is 10.8 Å². The molecule has 1 aliphatic rings. The summed E-state index contributed by atoms with van der Waals surface area (Å²) in [6.07, 6.45) is 0. The van der Waals surface area contributed by atoms with Crippen LogP contribution in [0.15, 0.2) is 58.8 Å². The lowest BCUT2D eigenvalue weighted by Gasteiger charge is -2.47. The predicted molar refractivity (Wildman–Crippen MR) is 121 cm³/mol. The van der Waals surface area contributed by atoms with Crippen molar-refractivity contribution in [3.8, 4) is 17.2 Å². The number of benzene rings is 2. The first-order valence-corrected chi connectivity index (χ1v) is 12.0. The Morgan fingerprint density at radius 3 is 2.09 bits per heavy atom. The van der Waals surface area contributed by atoms with Gasteiger partial charge in [0.05, 0.1) is 38.2 Å². The highest BCUT2D eigenvalue weighted by Gasteiger charge is 2.51. The highest BCUT2D eigenvalue weighted by molar-refractivity contribution is 7.89. The summed E-state index contributed by atoms with van der Waals surface area (Å²) < 4.78 is 39.7. The van der Waals surface area contributed by atoms with Gasteiger partial charge in [0.2, 0.25) is 15.9 Å². The van der Waals surface area contributed by atoms with Gasteiger partial charge < -0.3 is 19.1 Å². The summed E-state index contributed by atoms with van der Waals surface area (Å²) in [7, 11) is 0.795. The third-order valence-corrected chi connectivity index (χ3v) is 7.33. The van der Waals surface area contributed by atoms with Gasteiger partial charge in [-0.25, -0.2) is 13.6 Å². The summed E-state index contributed by atoms with van der Waals surface area (Å²) in [6, 6.07) is 12.9. The molecule has 0 unspecified atom stereocenters. The molecule has 1 amide bonds. The summed E-state index contributed by atoms with van der Waals surface area (Å²) in [6.45, 7) is 0. The Kier molecular flexibility index (Phi) is 5.85. The molecule has 0 radical (unpaired) electrons. The van der Waals surface area contributed by atoms with Crippen LogP contribution in [0.25, 0.3) is 0 Å². The summed E-state index contributed by atoms with van der Waals surface area (Å²) in [5, 5.41) is 7.13. The number of nitrogens with two attached hydrogens (primary N) is 1. The van der Waals surface area contributed by atoms with E-state index in [0.717, 1.165) is 10.4 Å². The van der Waals surface area contributed by atoms with Gasteiger partial charge in [-0.3, -0.25) is 4.79 Å². The summed E-state index contributed by atoms with van der Waals surface area (Å²) >= 11 is 1.50. The van der Waals surface area contributed by atoms with Gasteiger partial charge in [-0.1, -0.05) is 6.07 Å². The van der Waals surface area contributed by atoms with Gasteiger partial charge in [0.1, 0.15) is 5.75 Å². The average Bonchev–Trinajstić information content (AvgIpc) is 3.30. The molecule has 2 heterocycles. The molecular formula is C22H22N2O6S2. The number of β-lactam (4-membered cyclic amide) rings is 1. The Bertz CT molecular complexity index is 1240. The van der Waals surface area contributed by atoms with Crippen LogP contribution in [-0.4, -0.2) is 35.7 Å². The third-order valence-electron chi connectivity index (χ3n) is 5.45. The molecule has 0 aliphatic carbocycles. The molecule has 0 spiro atoms. The number of rotatable bonds is 7. The first-order valence-electron chi connectivity index (χ1n) is 9.59. The fourth-order valence-electron chi connectivity index (χ4n) is 3.92. The summed E-state index contributed by atoms with van der Waals surface area (Å²) in [5.74, 6) is 1.05. The zero-order valence-electron chi connectivity index (χ0n) is 17.6. The first kappa shape index (κ1) is 22.1. The van der Waals surface area contributed by atoms with E-state index in [2.05, 4.69) is 0 Å². The van der Waals surface area contributed by atoms with Gasteiger partial charge in [0, 0.05) is 22.2 Å². The van der Waals surface area contributed by atoms with Crippen molar-refractivity contribution in [3.63, 3.8) is 0 Å². The molecular weight excluding hydrogens is 452 g/mol. The van der Waals surface area contributed by atoms with Crippen molar-refractivity contribution in [2.75, 3.05) is 26.2 Å². The van der Waals surface area contributed by atoms with Crippen LogP contribution in [0.5, 0.6) is 17.2 Å². The molecule has 4 rings (SSSR count). The lowest BCUT2D eigenvalue weighted by Crippen LogP contribution is -2.53. The number of carbonyl (C=O) groups excluding carboxylic acids is 1. The van der Waals surface area contributed by atoms with E-state index in [1.54, 1.807) is 43.4 Å². The number of carbonyl (C=O) groups is 1. The van der Waals surface area contributed by atoms with Crippen LogP contribution in [0, 0.1) is 0 Å². The second-order valence-corrected chi connectivity index (χ2v) is 9.67. The molecule has 10 heteroatoms. The molecule has 0 saturated carbocycles. The number of thiophene rings is 1. The maximum Gasteiger partial charge on any atom is 0.238 e. The number of hydrogen-bond acceptors (Lipinski definition) is 7. The Morgan fingerprint density at radius 2 is 1.56 bits per heavy atom. The van der Waals surface area contributed by atoms with E-state index < -0.39 is 22.0 Å². The Balaban J connectivity index is 1.84. The van der Waals surface area contributed by atoms with Crippen LogP contribution in [0.1, 0.15) is 22.4 Å². The maximum atomic E-state index is 13.3. The van der Waals surface area contributed by atoms with Crippen molar-refractivity contribution < 1.29 is 27.4 Å². The van der Waals surface area contributed by atoms with E-state index >= 15 is 0 Å². The standard InChI is InChI=1S/C22H22N2O6S2/c1-28-16-12-18(30-3)17(29-2)11-15(16)21-20(19-5-4-10-31-19)22(25)24(21)13-6-8-14(9-7-13)32(23,26)27/h4-12,20-21H,1-3H3,(H2,23,26,27)/t20-,21-/m0/s1. The fourth-order valence-corrected chi connectivity index (χ4v) is 5.28. The van der Waals surface area contributed by atoms with Crippen molar-refractivity contribution >= 4 is 33.0 Å². The highest BCUT2D eigenvalue weighted by Crippen LogP contribution is 2.53. The topological polar surface area (TPSA) is 108 Å². The largest absolute Gasteiger partial charge is 0.496 e. The normalized spacial score (nSPS) is 18.2. The van der Waals surface area contributed by atoms with Crippen LogP contribution in [-0.2, 0) is 14.8 Å². The molecule has 2 N–H and O–H groups in total. The second kappa shape index (κ2) is 8.45. The number of anilines is 1. The van der Waals surface area contributed by atoms with Crippen LogP contribution in [0.4, 0.5) is 5.69 Å². The van der Waals surface area contributed by atoms with Crippen molar-refractivity contribution in [2.45, 2.75) is 16.9 Å². The van der Waals surface area contributed by atoms with Gasteiger partial charge in [0.25, 0.3) is 0 Å². The van der Waals surface area contributed by atoms with E-state index in [1.165, 1.54) is 30.6 Å². The molecule has 32 heavy (non-hydrogen) atoms. The molecule has 1 aromatic heterocycles. The van der Waals surface area contributed by atoms with E-state index in [1.807, 2.05) is 17.5 Å². The van der Waals surface area contributed by atoms with Crippen molar-refractivity contribution in [1.29, 1.82) is 0 Å². The van der Waals surface area contributed by atoms with Gasteiger partial charge in [0.15, 0.2) is 11.5 Å². The van der Waals surface area contributed by atoms with E-state index in [9.17, 15) is 13.2 Å². The average molecular weight is 475 g/mol. The van der Waals surface area contributed by atoms with Crippen LogP contribution in [0.2, 0.25) is 0 Å². The number of ether oxygens (including phenoxy) is 3. The quantitative estimate of drug-likeness (QED) is 0.527. The monoisotopic (exact) mass is 474 g/mol. The van der Waals surface area contributed by atoms with Gasteiger partial charge in [-0.15, -0.1) is 11.3 Å². The minimum absolute atomic E-state index is 0.0238. The molecule has 168 valence electrons. The zero-order valence-corrected chi connectivity index (χ0v) is 19.3. The van der Waals surface area contributed by atoms with E-state index in [4.69, 9.17) is 19.3 Å². The summed E-state index contributed by atoms with van der Waals surface area (Å²) in [4.78, 5) is 15.8. The van der Waals surface area contributed by atoms with Crippen molar-refractivity contribution in [2.24, 2.45) is 5.14 Å². The molecule has 1 aliphatic heterocycles. The molecule has 2 atom stereocenters. The molecule has 0 bridgehead atoms. The Labute approximate surface area is 190 Å². The smallest absolute Gasteiger partial charge is 0.238 e. The zero-order chi connectivity index (χ0) is 23.0. The minimum Gasteiger partial charge on any atom is -0.496 e. The van der Waals surface area contributed by atoms with Crippen molar-refractivity contribution in [3.05, 3.63) is 64.4 Å². The van der Waals surface area contributed by atoms with Gasteiger partial charge in [-0.2, -0.15) is 0 Å². The number of amides is 1. The lowest BCUT2D eigenvalue weighted by atomic mass is 9.80. The maximum absolute atomic E-state index is 13.3. The molecule has 2 aromatic carbocycles. The Hall–Kier alpha value is -3.08. The number of sulfonamides is 1.